The Hall–Kier alpha value is -3.81. The molecule has 8 nitrogen and oxygen atoms in total. The number of aromatic nitrogens is 1. The van der Waals surface area contributed by atoms with Gasteiger partial charge in [-0.15, -0.1) is 0 Å². The molecule has 0 fully saturated rings. The van der Waals surface area contributed by atoms with Gasteiger partial charge in [-0.2, -0.15) is 4.98 Å². The number of anilines is 3. The van der Waals surface area contributed by atoms with Crippen LogP contribution in [0, 0.1) is 10.1 Å². The standard InChI is InChI=1S/C18H15N5O3/c24-23(25)15-5-6-16-17(11-15)26-18(22-16)21-13-3-1-12(2-4-13)20-14-7-9-19-10-8-14/h1-9,11,19-20H,10H2,(H,21,22). The van der Waals surface area contributed by atoms with Crippen LogP contribution in [0.3, 0.4) is 0 Å². The minimum absolute atomic E-state index is 0.0307. The molecule has 3 aromatic rings. The van der Waals surface area contributed by atoms with E-state index >= 15 is 0 Å². The first-order chi connectivity index (χ1) is 12.7. The summed E-state index contributed by atoms with van der Waals surface area (Å²) in [5.74, 6) is 0. The molecule has 0 aliphatic carbocycles. The van der Waals surface area contributed by atoms with E-state index in [4.69, 9.17) is 4.42 Å². The SMILES string of the molecule is O=[N+]([O-])c1ccc2nc(Nc3ccc(NC4=CCNC=C4)cc3)oc2c1. The Morgan fingerprint density at radius 1 is 1.12 bits per heavy atom. The van der Waals surface area contributed by atoms with Gasteiger partial charge in [-0.05, 0) is 48.7 Å². The molecule has 0 saturated carbocycles. The number of allylic oxidation sites excluding steroid dienone is 1. The second-order valence-corrected chi connectivity index (χ2v) is 5.66. The third kappa shape index (κ3) is 3.34. The summed E-state index contributed by atoms with van der Waals surface area (Å²) in [5, 5.41) is 20.3. The van der Waals surface area contributed by atoms with Crippen LogP contribution >= 0.6 is 0 Å². The summed E-state index contributed by atoms with van der Waals surface area (Å²) in [6, 6.07) is 12.3. The number of nitro groups is 1. The van der Waals surface area contributed by atoms with Crippen molar-refractivity contribution >= 4 is 34.2 Å². The molecule has 1 aromatic heterocycles. The van der Waals surface area contributed by atoms with Crippen molar-refractivity contribution in [2.45, 2.75) is 0 Å². The maximum absolute atomic E-state index is 10.8. The van der Waals surface area contributed by atoms with Crippen LogP contribution in [-0.4, -0.2) is 16.5 Å². The van der Waals surface area contributed by atoms with Crippen LogP contribution < -0.4 is 16.0 Å². The van der Waals surface area contributed by atoms with E-state index in [1.54, 1.807) is 6.07 Å². The third-order valence-corrected chi connectivity index (χ3v) is 3.83. The van der Waals surface area contributed by atoms with Crippen molar-refractivity contribution in [1.29, 1.82) is 0 Å². The van der Waals surface area contributed by atoms with Gasteiger partial charge < -0.3 is 20.4 Å². The zero-order valence-electron chi connectivity index (χ0n) is 13.6. The van der Waals surface area contributed by atoms with Crippen molar-refractivity contribution in [3.63, 3.8) is 0 Å². The molecule has 0 amide bonds. The fourth-order valence-electron chi connectivity index (χ4n) is 2.55. The molecule has 3 N–H and O–H groups in total. The summed E-state index contributed by atoms with van der Waals surface area (Å²) in [6.45, 7) is 0.800. The lowest BCUT2D eigenvalue weighted by Crippen LogP contribution is -2.12. The Morgan fingerprint density at radius 3 is 2.58 bits per heavy atom. The maximum atomic E-state index is 10.8. The van der Waals surface area contributed by atoms with E-state index in [2.05, 4.69) is 27.0 Å². The number of hydrogen-bond acceptors (Lipinski definition) is 7. The van der Waals surface area contributed by atoms with Crippen LogP contribution in [0.1, 0.15) is 0 Å². The maximum Gasteiger partial charge on any atom is 0.300 e. The van der Waals surface area contributed by atoms with E-state index in [9.17, 15) is 10.1 Å². The number of nitrogens with zero attached hydrogens (tertiary/aromatic N) is 2. The van der Waals surface area contributed by atoms with Gasteiger partial charge >= 0.3 is 0 Å². The molecule has 2 aromatic carbocycles. The number of non-ortho nitro benzene ring substituents is 1. The molecule has 1 aliphatic heterocycles. The van der Waals surface area contributed by atoms with Gasteiger partial charge in [0.05, 0.1) is 11.0 Å². The number of benzene rings is 2. The molecule has 0 unspecified atom stereocenters. The molecule has 26 heavy (non-hydrogen) atoms. The molecule has 2 heterocycles. The van der Waals surface area contributed by atoms with Gasteiger partial charge in [-0.3, -0.25) is 10.1 Å². The van der Waals surface area contributed by atoms with E-state index in [1.165, 1.54) is 12.1 Å². The summed E-state index contributed by atoms with van der Waals surface area (Å²) in [4.78, 5) is 14.6. The molecular formula is C18H15N5O3. The van der Waals surface area contributed by atoms with Crippen molar-refractivity contribution in [2.24, 2.45) is 0 Å². The first kappa shape index (κ1) is 15.7. The monoisotopic (exact) mass is 349 g/mol. The highest BCUT2D eigenvalue weighted by Gasteiger charge is 2.11. The van der Waals surface area contributed by atoms with Crippen molar-refractivity contribution < 1.29 is 9.34 Å². The lowest BCUT2D eigenvalue weighted by molar-refractivity contribution is -0.384. The Kier molecular flexibility index (Phi) is 3.98. The third-order valence-electron chi connectivity index (χ3n) is 3.83. The number of dihydropyridines is 1. The second kappa shape index (κ2) is 6.60. The molecule has 1 aliphatic rings. The van der Waals surface area contributed by atoms with Gasteiger partial charge in [0.15, 0.2) is 5.58 Å². The number of fused-ring (bicyclic) bond motifs is 1. The van der Waals surface area contributed by atoms with Gasteiger partial charge in [0.1, 0.15) is 5.52 Å². The van der Waals surface area contributed by atoms with Crippen LogP contribution in [0.4, 0.5) is 23.1 Å². The fraction of sp³-hybridized carbons (Fsp3) is 0.0556. The number of oxazole rings is 1. The molecule has 0 spiro atoms. The van der Waals surface area contributed by atoms with E-state index < -0.39 is 4.92 Å². The lowest BCUT2D eigenvalue weighted by atomic mass is 10.2. The second-order valence-electron chi connectivity index (χ2n) is 5.66. The van der Waals surface area contributed by atoms with E-state index in [0.717, 1.165) is 23.6 Å². The molecule has 0 radical (unpaired) electrons. The van der Waals surface area contributed by atoms with Gasteiger partial charge in [0.2, 0.25) is 0 Å². The van der Waals surface area contributed by atoms with Crippen molar-refractivity contribution in [3.8, 4) is 0 Å². The summed E-state index contributed by atoms with van der Waals surface area (Å²) in [7, 11) is 0. The Balaban J connectivity index is 1.48. The number of nitro benzene ring substituents is 1. The molecule has 130 valence electrons. The lowest BCUT2D eigenvalue weighted by Gasteiger charge is -2.11. The Bertz CT molecular complexity index is 1020. The topological polar surface area (TPSA) is 105 Å². The van der Waals surface area contributed by atoms with Gasteiger partial charge in [0.25, 0.3) is 11.7 Å². The smallest absolute Gasteiger partial charge is 0.300 e. The minimum atomic E-state index is -0.464. The van der Waals surface area contributed by atoms with Crippen LogP contribution in [0.25, 0.3) is 11.1 Å². The van der Waals surface area contributed by atoms with Crippen molar-refractivity contribution in [1.82, 2.24) is 10.3 Å². The largest absolute Gasteiger partial charge is 0.423 e. The minimum Gasteiger partial charge on any atom is -0.423 e. The highest BCUT2D eigenvalue weighted by Crippen LogP contribution is 2.26. The molecule has 0 bridgehead atoms. The summed E-state index contributed by atoms with van der Waals surface area (Å²) in [6.07, 6.45) is 5.92. The summed E-state index contributed by atoms with van der Waals surface area (Å²) >= 11 is 0. The van der Waals surface area contributed by atoms with Crippen molar-refractivity contribution in [2.75, 3.05) is 17.2 Å². The molecular weight excluding hydrogens is 334 g/mol. The van der Waals surface area contributed by atoms with E-state index in [-0.39, 0.29) is 11.7 Å². The Morgan fingerprint density at radius 2 is 1.88 bits per heavy atom. The van der Waals surface area contributed by atoms with Gasteiger partial charge in [-0.1, -0.05) is 0 Å². The quantitative estimate of drug-likeness (QED) is 0.474. The normalized spacial score (nSPS) is 13.2. The average molecular weight is 349 g/mol. The van der Waals surface area contributed by atoms with Crippen LogP contribution in [-0.2, 0) is 0 Å². The highest BCUT2D eigenvalue weighted by molar-refractivity contribution is 5.78. The van der Waals surface area contributed by atoms with E-state index in [1.807, 2.05) is 36.5 Å². The van der Waals surface area contributed by atoms with Gasteiger partial charge in [0, 0.05) is 29.7 Å². The zero-order chi connectivity index (χ0) is 17.9. The molecule has 0 saturated heterocycles. The molecule has 0 atom stereocenters. The first-order valence-electron chi connectivity index (χ1n) is 7.96. The summed E-state index contributed by atoms with van der Waals surface area (Å²) < 4.78 is 5.55. The predicted octanol–water partition coefficient (Wildman–Crippen LogP) is 3.89. The average Bonchev–Trinajstić information content (AvgIpc) is 3.05. The molecule has 8 heteroatoms. The van der Waals surface area contributed by atoms with Gasteiger partial charge in [-0.25, -0.2) is 0 Å². The fourth-order valence-corrected chi connectivity index (χ4v) is 2.55. The van der Waals surface area contributed by atoms with E-state index in [0.29, 0.717) is 11.1 Å². The highest BCUT2D eigenvalue weighted by atomic mass is 16.6. The molecule has 4 rings (SSSR count). The number of nitrogens with one attached hydrogen (secondary N) is 3. The summed E-state index contributed by atoms with van der Waals surface area (Å²) in [5.41, 5.74) is 3.68. The zero-order valence-corrected chi connectivity index (χ0v) is 13.6. The Labute approximate surface area is 148 Å². The van der Waals surface area contributed by atoms with Crippen molar-refractivity contribution in [3.05, 3.63) is 76.6 Å². The van der Waals surface area contributed by atoms with Crippen LogP contribution in [0.5, 0.6) is 0 Å². The number of hydrogen-bond donors (Lipinski definition) is 3. The van der Waals surface area contributed by atoms with Crippen LogP contribution in [0.2, 0.25) is 0 Å². The predicted molar refractivity (Wildman–Crippen MR) is 99.2 cm³/mol. The number of rotatable bonds is 5. The van der Waals surface area contributed by atoms with Crippen LogP contribution in [0.15, 0.2) is 70.9 Å². The first-order valence-corrected chi connectivity index (χ1v) is 7.96.